The van der Waals surface area contributed by atoms with Gasteiger partial charge in [0, 0.05) is 12.6 Å². The van der Waals surface area contributed by atoms with Crippen molar-refractivity contribution in [2.75, 3.05) is 13.1 Å². The molecule has 4 heterocycles. The lowest BCUT2D eigenvalue weighted by Crippen LogP contribution is -2.39. The molecule has 0 radical (unpaired) electrons. The van der Waals surface area contributed by atoms with Crippen LogP contribution in [-0.2, 0) is 19.9 Å². The molecule has 0 spiro atoms. The van der Waals surface area contributed by atoms with Gasteiger partial charge in [-0.05, 0) is 37.5 Å². The quantitative estimate of drug-likeness (QED) is 0.781. The molecule has 0 aromatic rings. The molecule has 10 heteroatoms. The number of sulfonamides is 1. The molecule has 2 N–H and O–H groups in total. The van der Waals surface area contributed by atoms with Crippen molar-refractivity contribution >= 4 is 44.0 Å². The van der Waals surface area contributed by atoms with Crippen LogP contribution < -0.4 is 5.14 Å². The Labute approximate surface area is 141 Å². The average Bonchev–Trinajstić information content (AvgIpc) is 2.48. The van der Waals surface area contributed by atoms with Crippen molar-refractivity contribution in [3.8, 4) is 0 Å². The molecule has 126 valence electrons. The topological polar surface area (TPSA) is 97.5 Å². The van der Waals surface area contributed by atoms with Crippen LogP contribution >= 0.6 is 24.2 Å². The first-order valence-electron chi connectivity index (χ1n) is 6.86. The number of nitrogens with zero attached hydrogens (tertiary/aromatic N) is 1. The number of primary sulfonamides is 1. The predicted octanol–water partition coefficient (Wildman–Crippen LogP) is 1.17. The molecule has 1 fully saturated rings. The van der Waals surface area contributed by atoms with E-state index in [0.29, 0.717) is 19.4 Å². The SMILES string of the molecule is CCCN1CC2=C3SC(S(N)(=O)=O)=CC1CC(C2)S3(=O)=O.Cl. The number of rotatable bonds is 3. The fourth-order valence-corrected chi connectivity index (χ4v) is 8.00. The van der Waals surface area contributed by atoms with Gasteiger partial charge in [-0.1, -0.05) is 18.7 Å². The second-order valence-electron chi connectivity index (χ2n) is 5.67. The summed E-state index contributed by atoms with van der Waals surface area (Å²) in [5.41, 5.74) is 0.843. The summed E-state index contributed by atoms with van der Waals surface area (Å²) in [6.45, 7) is 3.47. The molecular weight excluding hydrogens is 368 g/mol. The van der Waals surface area contributed by atoms with E-state index in [-0.39, 0.29) is 26.9 Å². The molecule has 4 rings (SSSR count). The number of halogens is 1. The van der Waals surface area contributed by atoms with E-state index >= 15 is 0 Å². The van der Waals surface area contributed by atoms with Crippen LogP contribution in [0.25, 0.3) is 0 Å². The van der Waals surface area contributed by atoms with E-state index in [1.54, 1.807) is 6.08 Å². The fraction of sp³-hybridized carbons (Fsp3) is 0.667. The molecule has 0 amide bonds. The summed E-state index contributed by atoms with van der Waals surface area (Å²) in [7, 11) is -7.30. The Morgan fingerprint density at radius 3 is 2.73 bits per heavy atom. The average molecular weight is 387 g/mol. The molecule has 4 aliphatic heterocycles. The van der Waals surface area contributed by atoms with Gasteiger partial charge in [-0.2, -0.15) is 0 Å². The lowest BCUT2D eigenvalue weighted by molar-refractivity contribution is 0.247. The molecule has 4 aliphatic rings. The van der Waals surface area contributed by atoms with Gasteiger partial charge in [-0.25, -0.2) is 22.0 Å². The van der Waals surface area contributed by atoms with Gasteiger partial charge in [0.05, 0.1) is 5.25 Å². The Morgan fingerprint density at radius 2 is 2.14 bits per heavy atom. The molecule has 1 saturated heterocycles. The molecular formula is C12H19ClN2O4S3. The third-order valence-electron chi connectivity index (χ3n) is 4.14. The van der Waals surface area contributed by atoms with Gasteiger partial charge in [0.15, 0.2) is 9.84 Å². The zero-order chi connectivity index (χ0) is 15.4. The van der Waals surface area contributed by atoms with Gasteiger partial charge < -0.3 is 0 Å². The first-order valence-corrected chi connectivity index (χ1v) is 10.8. The molecule has 0 aliphatic carbocycles. The van der Waals surface area contributed by atoms with Crippen LogP contribution in [0.15, 0.2) is 20.1 Å². The van der Waals surface area contributed by atoms with E-state index in [1.807, 2.05) is 0 Å². The van der Waals surface area contributed by atoms with Crippen molar-refractivity contribution in [2.24, 2.45) is 5.14 Å². The van der Waals surface area contributed by atoms with Crippen LogP contribution in [0, 0.1) is 0 Å². The second kappa shape index (κ2) is 6.10. The molecule has 0 aromatic carbocycles. The monoisotopic (exact) mass is 386 g/mol. The minimum atomic E-state index is -3.90. The predicted molar refractivity (Wildman–Crippen MR) is 90.6 cm³/mol. The fourth-order valence-electron chi connectivity index (χ4n) is 3.21. The Hall–Kier alpha value is -0.0600. The van der Waals surface area contributed by atoms with Crippen LogP contribution in [0.3, 0.4) is 0 Å². The molecule has 2 atom stereocenters. The third-order valence-corrected chi connectivity index (χ3v) is 9.58. The van der Waals surface area contributed by atoms with E-state index in [0.717, 1.165) is 30.3 Å². The van der Waals surface area contributed by atoms with Crippen LogP contribution in [0.4, 0.5) is 0 Å². The van der Waals surface area contributed by atoms with Gasteiger partial charge >= 0.3 is 0 Å². The summed E-state index contributed by atoms with van der Waals surface area (Å²) < 4.78 is 48.7. The first kappa shape index (κ1) is 18.3. The Bertz CT molecular complexity index is 742. The van der Waals surface area contributed by atoms with Crippen molar-refractivity contribution < 1.29 is 16.8 Å². The normalized spacial score (nSPS) is 30.5. The van der Waals surface area contributed by atoms with Crippen molar-refractivity contribution in [1.82, 2.24) is 4.90 Å². The van der Waals surface area contributed by atoms with E-state index < -0.39 is 25.1 Å². The number of nitrogens with two attached hydrogens (primary N) is 1. The first-order chi connectivity index (χ1) is 9.73. The highest BCUT2D eigenvalue weighted by atomic mass is 35.5. The van der Waals surface area contributed by atoms with Gasteiger partial charge in [-0.3, -0.25) is 4.90 Å². The van der Waals surface area contributed by atoms with Crippen molar-refractivity contribution in [3.63, 3.8) is 0 Å². The highest BCUT2D eigenvalue weighted by Gasteiger charge is 2.47. The standard InChI is InChI=1S/C12H18N2O4S3.ClH/c1-2-3-14-7-8-4-10-5-9(14)6-11(21(13,17)18)19-12(8)20(10,15)16;/h6,9-10H,2-5,7H2,1H3,(H2,13,17,18);1H. The van der Waals surface area contributed by atoms with Crippen LogP contribution in [0.2, 0.25) is 0 Å². The number of thioether (sulfide) groups is 1. The summed E-state index contributed by atoms with van der Waals surface area (Å²) in [6, 6.07) is -0.190. The highest BCUT2D eigenvalue weighted by molar-refractivity contribution is 8.27. The van der Waals surface area contributed by atoms with Crippen molar-refractivity contribution in [3.05, 3.63) is 20.1 Å². The summed E-state index contributed by atoms with van der Waals surface area (Å²) >= 11 is 0.818. The minimum absolute atomic E-state index is 0. The van der Waals surface area contributed by atoms with E-state index in [2.05, 4.69) is 11.8 Å². The number of sulfone groups is 1. The smallest absolute Gasteiger partial charge is 0.244 e. The molecule has 4 bridgehead atoms. The zero-order valence-corrected chi connectivity index (χ0v) is 15.3. The largest absolute Gasteiger partial charge is 0.293 e. The zero-order valence-electron chi connectivity index (χ0n) is 12.1. The van der Waals surface area contributed by atoms with Crippen LogP contribution in [-0.4, -0.2) is 46.1 Å². The Kier molecular flexibility index (Phi) is 5.07. The number of hydrogen-bond donors (Lipinski definition) is 1. The van der Waals surface area contributed by atoms with E-state index in [4.69, 9.17) is 5.14 Å². The van der Waals surface area contributed by atoms with Gasteiger partial charge in [0.2, 0.25) is 10.0 Å². The van der Waals surface area contributed by atoms with E-state index in [1.165, 1.54) is 0 Å². The summed E-state index contributed by atoms with van der Waals surface area (Å²) in [5.74, 6) is 0. The van der Waals surface area contributed by atoms with Crippen molar-refractivity contribution in [2.45, 2.75) is 37.5 Å². The maximum atomic E-state index is 12.5. The molecule has 22 heavy (non-hydrogen) atoms. The number of hydrogen-bond acceptors (Lipinski definition) is 6. The summed E-state index contributed by atoms with van der Waals surface area (Å²) in [6.07, 6.45) is 3.53. The van der Waals surface area contributed by atoms with Crippen LogP contribution in [0.5, 0.6) is 0 Å². The minimum Gasteiger partial charge on any atom is -0.293 e. The highest BCUT2D eigenvalue weighted by Crippen LogP contribution is 2.49. The van der Waals surface area contributed by atoms with Gasteiger partial charge in [0.1, 0.15) is 8.47 Å². The van der Waals surface area contributed by atoms with Gasteiger partial charge in [0.25, 0.3) is 0 Å². The Balaban J connectivity index is 0.00000176. The summed E-state index contributed by atoms with van der Waals surface area (Å²) in [4.78, 5) is 2.16. The van der Waals surface area contributed by atoms with E-state index in [9.17, 15) is 16.8 Å². The molecule has 0 aromatic heterocycles. The van der Waals surface area contributed by atoms with Crippen LogP contribution in [0.1, 0.15) is 26.2 Å². The number of fused-ring (bicyclic) bond motifs is 2. The summed E-state index contributed by atoms with van der Waals surface area (Å²) in [5, 5.41) is 4.83. The second-order valence-corrected chi connectivity index (χ2v) is 10.9. The maximum absolute atomic E-state index is 12.5. The molecule has 0 saturated carbocycles. The lowest BCUT2D eigenvalue weighted by atomic mass is 10.1. The molecule has 6 nitrogen and oxygen atoms in total. The lowest BCUT2D eigenvalue weighted by Gasteiger charge is -2.32. The Morgan fingerprint density at radius 1 is 1.45 bits per heavy atom. The van der Waals surface area contributed by atoms with Crippen molar-refractivity contribution in [1.29, 1.82) is 0 Å². The van der Waals surface area contributed by atoms with Gasteiger partial charge in [-0.15, -0.1) is 12.4 Å². The third kappa shape index (κ3) is 2.99. The molecule has 2 unspecified atom stereocenters. The maximum Gasteiger partial charge on any atom is 0.244 e.